The van der Waals surface area contributed by atoms with Crippen molar-refractivity contribution in [1.82, 2.24) is 15.5 Å². The molecule has 198 valence electrons. The first-order valence-corrected chi connectivity index (χ1v) is 12.6. The number of carbonyl (C=O) groups excluding carboxylic acids is 3. The molecular weight excluding hydrogens is 446 g/mol. The smallest absolute Gasteiger partial charge is 0.408 e. The quantitative estimate of drug-likeness (QED) is 0.377. The van der Waals surface area contributed by atoms with Gasteiger partial charge < -0.3 is 25.4 Å². The van der Waals surface area contributed by atoms with Crippen LogP contribution in [0.2, 0.25) is 0 Å². The van der Waals surface area contributed by atoms with Gasteiger partial charge in [0.25, 0.3) is 0 Å². The molecule has 1 aromatic carbocycles. The Bertz CT molecular complexity index is 799. The average molecular weight is 492 g/mol. The number of amides is 3. The second kappa shape index (κ2) is 14.1. The van der Waals surface area contributed by atoms with Crippen LogP contribution in [0.25, 0.3) is 0 Å². The molecule has 35 heavy (non-hydrogen) atoms. The van der Waals surface area contributed by atoms with Crippen molar-refractivity contribution >= 4 is 17.9 Å². The van der Waals surface area contributed by atoms with E-state index in [4.69, 9.17) is 4.74 Å². The van der Waals surface area contributed by atoms with E-state index in [-0.39, 0.29) is 5.91 Å². The van der Waals surface area contributed by atoms with E-state index in [1.165, 1.54) is 4.90 Å². The van der Waals surface area contributed by atoms with Crippen LogP contribution in [0.3, 0.4) is 0 Å². The highest BCUT2D eigenvalue weighted by molar-refractivity contribution is 5.92. The molecule has 8 heteroatoms. The average Bonchev–Trinajstić information content (AvgIpc) is 2.74. The molecule has 3 amide bonds. The molecule has 1 rings (SSSR count). The molecule has 1 aromatic rings. The van der Waals surface area contributed by atoms with Gasteiger partial charge in [0.15, 0.2) is 0 Å². The van der Waals surface area contributed by atoms with Crippen LogP contribution in [-0.2, 0) is 14.3 Å². The fraction of sp³-hybridized carbons (Fsp3) is 0.667. The SMILES string of the molecule is CCCCCCCN(C(=O)C(CO)NC(=O)OC(C)(C)C)C(C(=O)NC(C)(C)C)c1ccccc1. The minimum absolute atomic E-state index is 0.312. The van der Waals surface area contributed by atoms with Gasteiger partial charge in [0.1, 0.15) is 17.7 Å². The van der Waals surface area contributed by atoms with Crippen molar-refractivity contribution in [3.05, 3.63) is 35.9 Å². The fourth-order valence-electron chi connectivity index (χ4n) is 3.63. The second-order valence-corrected chi connectivity index (χ2v) is 10.9. The number of aliphatic hydroxyl groups is 1. The topological polar surface area (TPSA) is 108 Å². The predicted octanol–water partition coefficient (Wildman–Crippen LogP) is 4.33. The molecular formula is C27H45N3O5. The van der Waals surface area contributed by atoms with Crippen molar-refractivity contribution in [3.8, 4) is 0 Å². The van der Waals surface area contributed by atoms with Gasteiger partial charge in [-0.3, -0.25) is 9.59 Å². The summed E-state index contributed by atoms with van der Waals surface area (Å²) in [4.78, 5) is 41.0. The first kappa shape index (κ1) is 30.4. The Morgan fingerprint density at radius 1 is 0.971 bits per heavy atom. The monoisotopic (exact) mass is 491 g/mol. The lowest BCUT2D eigenvalue weighted by molar-refractivity contribution is -0.144. The molecule has 0 spiro atoms. The Kier molecular flexibility index (Phi) is 12.2. The van der Waals surface area contributed by atoms with Gasteiger partial charge in [-0.2, -0.15) is 0 Å². The summed E-state index contributed by atoms with van der Waals surface area (Å²) >= 11 is 0. The molecule has 0 aliphatic heterocycles. The minimum atomic E-state index is -1.24. The molecule has 2 unspecified atom stereocenters. The zero-order valence-electron chi connectivity index (χ0n) is 22.5. The molecule has 0 aromatic heterocycles. The van der Waals surface area contributed by atoms with Crippen LogP contribution in [0.15, 0.2) is 30.3 Å². The van der Waals surface area contributed by atoms with Gasteiger partial charge in [-0.05, 0) is 53.5 Å². The standard InChI is InChI=1S/C27H45N3O5/c1-8-9-10-11-15-18-30(24(33)21(19-31)28-25(34)35-27(5,6)7)22(20-16-13-12-14-17-20)23(32)29-26(2,3)4/h12-14,16-17,21-22,31H,8-11,15,18-19H2,1-7H3,(H,28,34)(H,29,32). The summed E-state index contributed by atoms with van der Waals surface area (Å²) in [6.07, 6.45) is 4.02. The third kappa shape index (κ3) is 11.6. The Labute approximate surface area is 210 Å². The van der Waals surface area contributed by atoms with Crippen LogP contribution in [0.4, 0.5) is 4.79 Å². The van der Waals surface area contributed by atoms with Gasteiger partial charge in [0, 0.05) is 12.1 Å². The number of hydrogen-bond donors (Lipinski definition) is 3. The molecule has 0 saturated heterocycles. The van der Waals surface area contributed by atoms with E-state index in [1.54, 1.807) is 32.9 Å². The summed E-state index contributed by atoms with van der Waals surface area (Å²) in [5.41, 5.74) is -0.610. The highest BCUT2D eigenvalue weighted by atomic mass is 16.6. The lowest BCUT2D eigenvalue weighted by atomic mass is 10.00. The number of alkyl carbamates (subject to hydrolysis) is 1. The molecule has 0 bridgehead atoms. The highest BCUT2D eigenvalue weighted by Crippen LogP contribution is 2.24. The van der Waals surface area contributed by atoms with Gasteiger partial charge >= 0.3 is 6.09 Å². The van der Waals surface area contributed by atoms with Crippen LogP contribution in [0.5, 0.6) is 0 Å². The van der Waals surface area contributed by atoms with Gasteiger partial charge in [-0.15, -0.1) is 0 Å². The summed E-state index contributed by atoms with van der Waals surface area (Å²) in [5.74, 6) is -0.855. The van der Waals surface area contributed by atoms with Crippen LogP contribution < -0.4 is 10.6 Å². The number of hydrogen-bond acceptors (Lipinski definition) is 5. The zero-order chi connectivity index (χ0) is 26.6. The largest absolute Gasteiger partial charge is 0.444 e. The number of nitrogens with zero attached hydrogens (tertiary/aromatic N) is 1. The van der Waals surface area contributed by atoms with Crippen LogP contribution in [0.1, 0.15) is 92.2 Å². The minimum Gasteiger partial charge on any atom is -0.444 e. The first-order valence-electron chi connectivity index (χ1n) is 12.6. The van der Waals surface area contributed by atoms with Crippen molar-refractivity contribution < 1.29 is 24.2 Å². The maximum atomic E-state index is 13.7. The Morgan fingerprint density at radius 2 is 1.57 bits per heavy atom. The molecule has 0 heterocycles. The van der Waals surface area contributed by atoms with E-state index < -0.39 is 41.8 Å². The molecule has 0 aliphatic rings. The fourth-order valence-corrected chi connectivity index (χ4v) is 3.63. The van der Waals surface area contributed by atoms with Crippen molar-refractivity contribution in [3.63, 3.8) is 0 Å². The molecule has 0 fully saturated rings. The van der Waals surface area contributed by atoms with Gasteiger partial charge in [-0.1, -0.05) is 62.9 Å². The van der Waals surface area contributed by atoms with Crippen molar-refractivity contribution in [2.45, 2.75) is 104 Å². The summed E-state index contributed by atoms with van der Waals surface area (Å²) in [6, 6.07) is 6.94. The number of aliphatic hydroxyl groups excluding tert-OH is 1. The van der Waals surface area contributed by atoms with E-state index in [2.05, 4.69) is 17.6 Å². The second-order valence-electron chi connectivity index (χ2n) is 10.9. The maximum Gasteiger partial charge on any atom is 0.408 e. The molecule has 8 nitrogen and oxygen atoms in total. The van der Waals surface area contributed by atoms with Crippen molar-refractivity contribution in [2.24, 2.45) is 0 Å². The number of ether oxygens (including phenoxy) is 1. The predicted molar refractivity (Wildman–Crippen MR) is 138 cm³/mol. The van der Waals surface area contributed by atoms with E-state index >= 15 is 0 Å². The van der Waals surface area contributed by atoms with Crippen LogP contribution in [0, 0.1) is 0 Å². The third-order valence-corrected chi connectivity index (χ3v) is 5.13. The first-order chi connectivity index (χ1) is 16.3. The van der Waals surface area contributed by atoms with E-state index in [0.717, 1.165) is 25.7 Å². The van der Waals surface area contributed by atoms with Crippen molar-refractivity contribution in [2.75, 3.05) is 13.2 Å². The normalized spacial score (nSPS) is 13.5. The zero-order valence-corrected chi connectivity index (χ0v) is 22.5. The highest BCUT2D eigenvalue weighted by Gasteiger charge is 2.36. The van der Waals surface area contributed by atoms with Crippen LogP contribution in [-0.4, -0.2) is 58.2 Å². The number of benzene rings is 1. The van der Waals surface area contributed by atoms with Crippen LogP contribution >= 0.6 is 0 Å². The molecule has 0 radical (unpaired) electrons. The Balaban J connectivity index is 3.31. The van der Waals surface area contributed by atoms with E-state index in [0.29, 0.717) is 18.5 Å². The number of rotatable bonds is 12. The lowest BCUT2D eigenvalue weighted by Gasteiger charge is -2.35. The lowest BCUT2D eigenvalue weighted by Crippen LogP contribution is -2.55. The summed E-state index contributed by atoms with van der Waals surface area (Å²) in [6.45, 7) is 12.6. The molecule has 2 atom stereocenters. The summed E-state index contributed by atoms with van der Waals surface area (Å²) < 4.78 is 5.27. The number of nitrogens with one attached hydrogen (secondary N) is 2. The van der Waals surface area contributed by atoms with Gasteiger partial charge in [-0.25, -0.2) is 4.79 Å². The van der Waals surface area contributed by atoms with E-state index in [1.807, 2.05) is 39.0 Å². The van der Waals surface area contributed by atoms with Gasteiger partial charge in [0.05, 0.1) is 6.61 Å². The molecule has 0 saturated carbocycles. The van der Waals surface area contributed by atoms with Gasteiger partial charge in [0.2, 0.25) is 11.8 Å². The van der Waals surface area contributed by atoms with Crippen molar-refractivity contribution in [1.29, 1.82) is 0 Å². The molecule has 3 N–H and O–H groups in total. The third-order valence-electron chi connectivity index (χ3n) is 5.13. The Morgan fingerprint density at radius 3 is 2.09 bits per heavy atom. The maximum absolute atomic E-state index is 13.7. The number of unbranched alkanes of at least 4 members (excludes halogenated alkanes) is 4. The van der Waals surface area contributed by atoms with E-state index in [9.17, 15) is 19.5 Å². The summed E-state index contributed by atoms with van der Waals surface area (Å²) in [7, 11) is 0. The number of carbonyl (C=O) groups is 3. The molecule has 0 aliphatic carbocycles. The Hall–Kier alpha value is -2.61. The summed E-state index contributed by atoms with van der Waals surface area (Å²) in [5, 5.41) is 15.5.